The molecule has 1 N–H and O–H groups in total. The van der Waals surface area contributed by atoms with Crippen LogP contribution in [0.2, 0.25) is 0 Å². The number of aromatic nitrogens is 3. The van der Waals surface area contributed by atoms with E-state index in [9.17, 15) is 8.78 Å². The van der Waals surface area contributed by atoms with Crippen molar-refractivity contribution < 1.29 is 18.3 Å². The molecular weight excluding hydrogens is 314 g/mol. The predicted molar refractivity (Wildman–Crippen MR) is 79.4 cm³/mol. The number of nitrogens with zero attached hydrogens (tertiary/aromatic N) is 3. The summed E-state index contributed by atoms with van der Waals surface area (Å²) in [6.45, 7) is -0.985. The van der Waals surface area contributed by atoms with Crippen molar-refractivity contribution in [2.45, 2.75) is 20.0 Å². The van der Waals surface area contributed by atoms with Crippen molar-refractivity contribution in [1.29, 1.82) is 0 Å². The minimum Gasteiger partial charge on any atom is -0.493 e. The summed E-state index contributed by atoms with van der Waals surface area (Å²) in [7, 11) is 1.37. The van der Waals surface area contributed by atoms with E-state index in [1.807, 2.05) is 6.92 Å². The van der Waals surface area contributed by atoms with E-state index in [1.165, 1.54) is 30.1 Å². The highest BCUT2D eigenvalue weighted by Gasteiger charge is 2.10. The first-order valence-electron chi connectivity index (χ1n) is 6.38. The lowest BCUT2D eigenvalue weighted by Gasteiger charge is -2.09. The smallest absolute Gasteiger partial charge is 0.387 e. The molecule has 2 rings (SSSR count). The lowest BCUT2D eigenvalue weighted by atomic mass is 10.2. The van der Waals surface area contributed by atoms with Gasteiger partial charge < -0.3 is 9.47 Å². The topological polar surface area (TPSA) is 64.4 Å². The normalized spacial score (nSPS) is 11.3. The molecule has 0 radical (unpaired) electrons. The molecule has 0 spiro atoms. The van der Waals surface area contributed by atoms with Gasteiger partial charge in [0.15, 0.2) is 17.3 Å². The number of ether oxygens (including phenoxy) is 2. The van der Waals surface area contributed by atoms with E-state index in [4.69, 9.17) is 17.0 Å². The monoisotopic (exact) mass is 328 g/mol. The largest absolute Gasteiger partial charge is 0.493 e. The van der Waals surface area contributed by atoms with Crippen molar-refractivity contribution >= 4 is 18.4 Å². The molecule has 1 aromatic carbocycles. The number of aromatic amines is 1. The molecule has 9 heteroatoms. The van der Waals surface area contributed by atoms with Crippen molar-refractivity contribution in [1.82, 2.24) is 14.9 Å². The molecular formula is C13H14F2N4O2S. The van der Waals surface area contributed by atoms with E-state index in [-0.39, 0.29) is 11.5 Å². The third kappa shape index (κ3) is 3.67. The first-order valence-corrected chi connectivity index (χ1v) is 6.79. The molecule has 0 aliphatic carbocycles. The van der Waals surface area contributed by atoms with Crippen LogP contribution in [0.15, 0.2) is 23.3 Å². The van der Waals surface area contributed by atoms with Gasteiger partial charge in [0.2, 0.25) is 4.77 Å². The summed E-state index contributed by atoms with van der Waals surface area (Å²) in [5.74, 6) is 0.838. The molecule has 0 aliphatic rings. The molecule has 0 saturated heterocycles. The lowest BCUT2D eigenvalue weighted by molar-refractivity contribution is -0.0512. The van der Waals surface area contributed by atoms with Crippen LogP contribution in [0.25, 0.3) is 0 Å². The zero-order valence-electron chi connectivity index (χ0n) is 11.9. The lowest BCUT2D eigenvalue weighted by Crippen LogP contribution is -2.04. The fraction of sp³-hybridized carbons (Fsp3) is 0.308. The first kappa shape index (κ1) is 16.1. The van der Waals surface area contributed by atoms with Gasteiger partial charge in [-0.1, -0.05) is 6.92 Å². The van der Waals surface area contributed by atoms with Gasteiger partial charge in [0.25, 0.3) is 0 Å². The van der Waals surface area contributed by atoms with Crippen molar-refractivity contribution in [2.75, 3.05) is 7.11 Å². The van der Waals surface area contributed by atoms with Crippen molar-refractivity contribution in [3.63, 3.8) is 0 Å². The van der Waals surface area contributed by atoms with E-state index in [0.717, 1.165) is 0 Å². The van der Waals surface area contributed by atoms with Gasteiger partial charge in [-0.25, -0.2) is 0 Å². The first-order chi connectivity index (χ1) is 10.5. The van der Waals surface area contributed by atoms with Crippen LogP contribution in [-0.2, 0) is 6.42 Å². The highest BCUT2D eigenvalue weighted by molar-refractivity contribution is 7.71. The quantitative estimate of drug-likeness (QED) is 0.654. The van der Waals surface area contributed by atoms with Crippen LogP contribution < -0.4 is 9.47 Å². The Morgan fingerprint density at radius 3 is 2.86 bits per heavy atom. The standard InChI is InChI=1S/C13H14F2N4O2S/c1-3-11-17-18-13(22)19(11)16-7-8-4-5-9(21-12(14)15)10(6-8)20-2/h4-7,12H,3H2,1-2H3,(H,18,22). The van der Waals surface area contributed by atoms with Gasteiger partial charge in [-0.3, -0.25) is 5.10 Å². The molecule has 0 atom stereocenters. The summed E-state index contributed by atoms with van der Waals surface area (Å²) in [6, 6.07) is 4.51. The number of alkyl halides is 2. The molecule has 22 heavy (non-hydrogen) atoms. The number of hydrogen-bond donors (Lipinski definition) is 1. The second-order valence-corrected chi connectivity index (χ2v) is 4.53. The average Bonchev–Trinajstić information content (AvgIpc) is 2.86. The molecule has 0 unspecified atom stereocenters. The van der Waals surface area contributed by atoms with E-state index in [0.29, 0.717) is 22.6 Å². The Kier molecular flexibility index (Phi) is 5.21. The van der Waals surface area contributed by atoms with Gasteiger partial charge in [-0.2, -0.15) is 23.7 Å². The van der Waals surface area contributed by atoms with Gasteiger partial charge in [-0.15, -0.1) is 0 Å². The number of rotatable bonds is 6. The second kappa shape index (κ2) is 7.12. The van der Waals surface area contributed by atoms with Crippen LogP contribution in [0.1, 0.15) is 18.3 Å². The fourth-order valence-corrected chi connectivity index (χ4v) is 1.95. The molecule has 0 fully saturated rings. The van der Waals surface area contributed by atoms with Crippen LogP contribution in [-0.4, -0.2) is 34.8 Å². The number of aryl methyl sites for hydroxylation is 1. The predicted octanol–water partition coefficient (Wildman–Crippen LogP) is 3.00. The number of H-pyrrole nitrogens is 1. The van der Waals surface area contributed by atoms with Crippen molar-refractivity contribution in [2.24, 2.45) is 5.10 Å². The van der Waals surface area contributed by atoms with Gasteiger partial charge >= 0.3 is 6.61 Å². The molecule has 1 aromatic heterocycles. The maximum atomic E-state index is 12.3. The van der Waals surface area contributed by atoms with Crippen LogP contribution in [0.4, 0.5) is 8.78 Å². The van der Waals surface area contributed by atoms with E-state index >= 15 is 0 Å². The average molecular weight is 328 g/mol. The van der Waals surface area contributed by atoms with Crippen LogP contribution >= 0.6 is 12.2 Å². The molecule has 0 amide bonds. The van der Waals surface area contributed by atoms with Crippen molar-refractivity contribution in [3.05, 3.63) is 34.4 Å². The van der Waals surface area contributed by atoms with Gasteiger partial charge in [-0.05, 0) is 36.0 Å². The maximum absolute atomic E-state index is 12.3. The highest BCUT2D eigenvalue weighted by Crippen LogP contribution is 2.28. The van der Waals surface area contributed by atoms with Gasteiger partial charge in [0.05, 0.1) is 13.3 Å². The van der Waals surface area contributed by atoms with Crippen LogP contribution in [0, 0.1) is 4.77 Å². The summed E-state index contributed by atoms with van der Waals surface area (Å²) in [6.07, 6.45) is 2.19. The number of benzene rings is 1. The molecule has 6 nitrogen and oxygen atoms in total. The minimum absolute atomic E-state index is 0.0381. The molecule has 118 valence electrons. The molecule has 0 bridgehead atoms. The molecule has 2 aromatic rings. The van der Waals surface area contributed by atoms with E-state index < -0.39 is 6.61 Å². The number of halogens is 2. The van der Waals surface area contributed by atoms with E-state index in [2.05, 4.69) is 20.0 Å². The molecule has 0 aliphatic heterocycles. The Morgan fingerprint density at radius 1 is 1.45 bits per heavy atom. The Bertz CT molecular complexity index is 727. The summed E-state index contributed by atoms with van der Waals surface area (Å²) in [4.78, 5) is 0. The maximum Gasteiger partial charge on any atom is 0.387 e. The second-order valence-electron chi connectivity index (χ2n) is 4.14. The summed E-state index contributed by atoms with van der Waals surface area (Å²) in [5, 5.41) is 10.9. The third-order valence-corrected chi connectivity index (χ3v) is 3.02. The SMILES string of the molecule is CCc1n[nH]c(=S)n1N=Cc1ccc(OC(F)F)c(OC)c1. The Morgan fingerprint density at radius 2 is 2.23 bits per heavy atom. The van der Waals surface area contributed by atoms with E-state index in [1.54, 1.807) is 6.07 Å². The minimum atomic E-state index is -2.91. The van der Waals surface area contributed by atoms with Crippen LogP contribution in [0.3, 0.4) is 0 Å². The number of nitrogens with one attached hydrogen (secondary N) is 1. The van der Waals surface area contributed by atoms with Gasteiger partial charge in [0.1, 0.15) is 0 Å². The van der Waals surface area contributed by atoms with Gasteiger partial charge in [0, 0.05) is 6.42 Å². The molecule has 0 saturated carbocycles. The highest BCUT2D eigenvalue weighted by atomic mass is 32.1. The van der Waals surface area contributed by atoms with Crippen molar-refractivity contribution in [3.8, 4) is 11.5 Å². The molecule has 1 heterocycles. The Balaban J connectivity index is 2.28. The fourth-order valence-electron chi connectivity index (χ4n) is 1.75. The zero-order valence-corrected chi connectivity index (χ0v) is 12.7. The Labute approximate surface area is 130 Å². The zero-order chi connectivity index (χ0) is 16.1. The Hall–Kier alpha value is -2.29. The summed E-state index contributed by atoms with van der Waals surface area (Å²) >= 11 is 5.07. The number of methoxy groups -OCH3 is 1. The number of hydrogen-bond acceptors (Lipinski definition) is 5. The van der Waals surface area contributed by atoms with Crippen LogP contribution in [0.5, 0.6) is 11.5 Å². The summed E-state index contributed by atoms with van der Waals surface area (Å²) in [5.41, 5.74) is 0.642. The third-order valence-electron chi connectivity index (χ3n) is 2.76. The summed E-state index contributed by atoms with van der Waals surface area (Å²) < 4.78 is 35.8.